The Kier molecular flexibility index (Phi) is 14.7. The maximum Gasteiger partial charge on any atom is -0.0262 e. The van der Waals surface area contributed by atoms with Gasteiger partial charge in [0.15, 0.2) is 0 Å². The quantitative estimate of drug-likeness (QED) is 0.205. The van der Waals surface area contributed by atoms with Crippen LogP contribution in [-0.2, 0) is 0 Å². The highest BCUT2D eigenvalue weighted by Crippen LogP contribution is 2.13. The van der Waals surface area contributed by atoms with Gasteiger partial charge in [0.25, 0.3) is 0 Å². The smallest absolute Gasteiger partial charge is 0.0262 e. The predicted octanol–water partition coefficient (Wildman–Crippen LogP) is 6.84. The van der Waals surface area contributed by atoms with E-state index < -0.39 is 0 Å². The van der Waals surface area contributed by atoms with E-state index in [0.29, 0.717) is 0 Å². The van der Waals surface area contributed by atoms with Crippen LogP contribution in [0.1, 0.15) is 78.6 Å². The number of hydrogen-bond acceptors (Lipinski definition) is 0. The number of allylic oxidation sites excluding steroid dienone is 6. The van der Waals surface area contributed by atoms with Crippen LogP contribution >= 0.6 is 0 Å². The topological polar surface area (TPSA) is 0 Å². The molecule has 0 amide bonds. The van der Waals surface area contributed by atoms with E-state index in [0.717, 1.165) is 5.92 Å². The highest BCUT2D eigenvalue weighted by molar-refractivity contribution is 5.02. The zero-order valence-electron chi connectivity index (χ0n) is 13.4. The summed E-state index contributed by atoms with van der Waals surface area (Å²) in [5.74, 6) is 0.767. The summed E-state index contributed by atoms with van der Waals surface area (Å²) in [4.78, 5) is 0. The van der Waals surface area contributed by atoms with Crippen LogP contribution < -0.4 is 0 Å². The van der Waals surface area contributed by atoms with Gasteiger partial charge < -0.3 is 0 Å². The summed E-state index contributed by atoms with van der Waals surface area (Å²) in [5.41, 5.74) is 0. The van der Waals surface area contributed by atoms with Crippen molar-refractivity contribution < 1.29 is 0 Å². The van der Waals surface area contributed by atoms with Crippen LogP contribution in [0.3, 0.4) is 0 Å². The maximum absolute atomic E-state index is 2.32. The Labute approximate surface area is 121 Å². The molecule has 0 N–H and O–H groups in total. The van der Waals surface area contributed by atoms with Crippen LogP contribution in [0, 0.1) is 5.92 Å². The average Bonchev–Trinajstić information content (AvgIpc) is 2.40. The highest BCUT2D eigenvalue weighted by atomic mass is 14.0. The Bertz CT molecular complexity index is 245. The van der Waals surface area contributed by atoms with Gasteiger partial charge in [0.05, 0.1) is 0 Å². The molecule has 110 valence electrons. The third-order valence-corrected chi connectivity index (χ3v) is 3.39. The Morgan fingerprint density at radius 3 is 2.16 bits per heavy atom. The summed E-state index contributed by atoms with van der Waals surface area (Å²) < 4.78 is 0. The normalized spacial score (nSPS) is 14.1. The molecule has 0 saturated heterocycles. The number of rotatable bonds is 12. The molecule has 0 heteroatoms. The van der Waals surface area contributed by atoms with E-state index in [1.165, 1.54) is 57.8 Å². The minimum atomic E-state index is 0.767. The van der Waals surface area contributed by atoms with Gasteiger partial charge in [-0.05, 0) is 38.5 Å². The maximum atomic E-state index is 2.32. The van der Waals surface area contributed by atoms with E-state index >= 15 is 0 Å². The molecule has 19 heavy (non-hydrogen) atoms. The average molecular weight is 262 g/mol. The van der Waals surface area contributed by atoms with Crippen LogP contribution in [0.5, 0.6) is 0 Å². The van der Waals surface area contributed by atoms with Crippen LogP contribution in [0.25, 0.3) is 0 Å². The molecular formula is C19H34. The van der Waals surface area contributed by atoms with Gasteiger partial charge in [0.1, 0.15) is 0 Å². The summed E-state index contributed by atoms with van der Waals surface area (Å²) in [6.45, 7) is 6.64. The second-order valence-corrected chi connectivity index (χ2v) is 5.49. The minimum absolute atomic E-state index is 0.767. The summed E-state index contributed by atoms with van der Waals surface area (Å²) in [6.07, 6.45) is 25.4. The molecule has 0 aliphatic rings. The molecule has 0 rings (SSSR count). The van der Waals surface area contributed by atoms with E-state index in [-0.39, 0.29) is 0 Å². The van der Waals surface area contributed by atoms with Gasteiger partial charge >= 0.3 is 0 Å². The van der Waals surface area contributed by atoms with E-state index in [4.69, 9.17) is 0 Å². The van der Waals surface area contributed by atoms with Gasteiger partial charge in [-0.2, -0.15) is 0 Å². The molecule has 0 spiro atoms. The molecule has 0 nitrogen and oxygen atoms in total. The molecule has 1 atom stereocenters. The Morgan fingerprint density at radius 1 is 0.842 bits per heavy atom. The van der Waals surface area contributed by atoms with Crippen molar-refractivity contribution in [2.75, 3.05) is 0 Å². The van der Waals surface area contributed by atoms with Crippen molar-refractivity contribution >= 4 is 0 Å². The number of hydrogen-bond donors (Lipinski definition) is 0. The van der Waals surface area contributed by atoms with Gasteiger partial charge in [-0.25, -0.2) is 0 Å². The molecule has 0 radical (unpaired) electrons. The van der Waals surface area contributed by atoms with Crippen molar-refractivity contribution in [2.45, 2.75) is 78.6 Å². The van der Waals surface area contributed by atoms with Crippen LogP contribution in [0.15, 0.2) is 36.5 Å². The predicted molar refractivity (Wildman–Crippen MR) is 89.5 cm³/mol. The summed E-state index contributed by atoms with van der Waals surface area (Å²) in [7, 11) is 0. The molecule has 0 bridgehead atoms. The zero-order chi connectivity index (χ0) is 14.2. The lowest BCUT2D eigenvalue weighted by atomic mass is 10.0. The van der Waals surface area contributed by atoms with Gasteiger partial charge in [-0.15, -0.1) is 0 Å². The third kappa shape index (κ3) is 15.2. The zero-order valence-corrected chi connectivity index (χ0v) is 13.4. The molecule has 0 aromatic heterocycles. The van der Waals surface area contributed by atoms with Crippen molar-refractivity contribution in [2.24, 2.45) is 5.92 Å². The first-order valence-electron chi connectivity index (χ1n) is 8.25. The van der Waals surface area contributed by atoms with Crippen LogP contribution in [-0.4, -0.2) is 0 Å². The fraction of sp³-hybridized carbons (Fsp3) is 0.684. The molecule has 0 aromatic carbocycles. The van der Waals surface area contributed by atoms with Crippen LogP contribution in [0.2, 0.25) is 0 Å². The first-order valence-corrected chi connectivity index (χ1v) is 8.25. The Hall–Kier alpha value is -0.780. The van der Waals surface area contributed by atoms with Crippen LogP contribution in [0.4, 0.5) is 0 Å². The standard InChI is InChI=1S/C19H34/c1-4-6-7-8-9-10-11-12-13-14-15-16-18-19(3)17-5-2/h5,7-10,17,19H,4,6,11-16,18H2,1-3H3. The molecule has 0 heterocycles. The lowest BCUT2D eigenvalue weighted by Gasteiger charge is -2.05. The van der Waals surface area contributed by atoms with E-state index in [1.54, 1.807) is 0 Å². The third-order valence-electron chi connectivity index (χ3n) is 3.39. The second-order valence-electron chi connectivity index (χ2n) is 5.49. The van der Waals surface area contributed by atoms with Gasteiger partial charge in [-0.1, -0.05) is 82.4 Å². The molecule has 0 aliphatic carbocycles. The van der Waals surface area contributed by atoms with Crippen molar-refractivity contribution in [3.63, 3.8) is 0 Å². The van der Waals surface area contributed by atoms with Crippen molar-refractivity contribution in [1.82, 2.24) is 0 Å². The highest BCUT2D eigenvalue weighted by Gasteiger charge is 1.96. The van der Waals surface area contributed by atoms with Gasteiger partial charge in [-0.3, -0.25) is 0 Å². The Balaban J connectivity index is 3.23. The Morgan fingerprint density at radius 2 is 1.47 bits per heavy atom. The van der Waals surface area contributed by atoms with Crippen molar-refractivity contribution in [3.05, 3.63) is 36.5 Å². The number of unbranched alkanes of at least 4 members (excludes halogenated alkanes) is 6. The first kappa shape index (κ1) is 18.2. The van der Waals surface area contributed by atoms with Crippen molar-refractivity contribution in [1.29, 1.82) is 0 Å². The lowest BCUT2D eigenvalue weighted by Crippen LogP contribution is -1.89. The first-order chi connectivity index (χ1) is 9.31. The molecule has 0 saturated carbocycles. The SMILES string of the molecule is CC=CC(C)CCCCCCCC=CC=CCCC. The lowest BCUT2D eigenvalue weighted by molar-refractivity contribution is 0.546. The summed E-state index contributed by atoms with van der Waals surface area (Å²) in [5, 5.41) is 0. The fourth-order valence-corrected chi connectivity index (χ4v) is 2.20. The minimum Gasteiger partial charge on any atom is -0.0914 e. The molecular weight excluding hydrogens is 228 g/mol. The summed E-state index contributed by atoms with van der Waals surface area (Å²) >= 11 is 0. The molecule has 0 aromatic rings. The largest absolute Gasteiger partial charge is 0.0914 e. The summed E-state index contributed by atoms with van der Waals surface area (Å²) in [6, 6.07) is 0. The van der Waals surface area contributed by atoms with E-state index in [9.17, 15) is 0 Å². The van der Waals surface area contributed by atoms with E-state index in [1.807, 2.05) is 0 Å². The fourth-order valence-electron chi connectivity index (χ4n) is 2.20. The van der Waals surface area contributed by atoms with E-state index in [2.05, 4.69) is 57.2 Å². The van der Waals surface area contributed by atoms with Crippen molar-refractivity contribution in [3.8, 4) is 0 Å². The van der Waals surface area contributed by atoms with Gasteiger partial charge in [0, 0.05) is 0 Å². The molecule has 1 unspecified atom stereocenters. The molecule has 0 fully saturated rings. The van der Waals surface area contributed by atoms with Gasteiger partial charge in [0.2, 0.25) is 0 Å². The second kappa shape index (κ2) is 15.3. The molecule has 0 aliphatic heterocycles. The monoisotopic (exact) mass is 262 g/mol.